The van der Waals surface area contributed by atoms with Crippen LogP contribution in [0.15, 0.2) is 34.3 Å². The van der Waals surface area contributed by atoms with Gasteiger partial charge in [-0.15, -0.1) is 0 Å². The molecule has 0 radical (unpaired) electrons. The van der Waals surface area contributed by atoms with Crippen molar-refractivity contribution in [2.45, 2.75) is 32.9 Å². The smallest absolute Gasteiger partial charge is 0.271 e. The van der Waals surface area contributed by atoms with E-state index in [0.29, 0.717) is 34.3 Å². The molecule has 9 heteroatoms. The number of nitrogens with zero attached hydrogens (tertiary/aromatic N) is 4. The molecule has 1 aliphatic rings. The summed E-state index contributed by atoms with van der Waals surface area (Å²) in [5, 5.41) is 23.8. The molecule has 0 fully saturated rings. The number of benzene rings is 1. The minimum Gasteiger partial charge on any atom is -0.505 e. The summed E-state index contributed by atoms with van der Waals surface area (Å²) in [6.07, 6.45) is 4.32. The number of hydrogen-bond donors (Lipinski definition) is 3. The lowest BCUT2D eigenvalue weighted by Gasteiger charge is -2.07. The molecule has 0 unspecified atom stereocenters. The highest BCUT2D eigenvalue weighted by atomic mass is 16.3. The van der Waals surface area contributed by atoms with E-state index in [4.69, 9.17) is 0 Å². The number of aromatic nitrogens is 3. The first-order valence-electron chi connectivity index (χ1n) is 9.14. The van der Waals surface area contributed by atoms with Gasteiger partial charge in [0.1, 0.15) is 11.6 Å². The summed E-state index contributed by atoms with van der Waals surface area (Å²) in [5.74, 6) is 0.137. The quantitative estimate of drug-likeness (QED) is 0.448. The van der Waals surface area contributed by atoms with Crippen molar-refractivity contribution in [1.29, 1.82) is 0 Å². The van der Waals surface area contributed by atoms with Crippen LogP contribution in [0, 0.1) is 6.92 Å². The SMILES string of the molecule is Cc1ncc(CO)c(/C=N/NC(=O)c2ccc3c(=O)n4c(nc3c2)CCC4)c1O. The van der Waals surface area contributed by atoms with Gasteiger partial charge in [0.25, 0.3) is 11.5 Å². The van der Waals surface area contributed by atoms with Gasteiger partial charge in [0.05, 0.1) is 29.4 Å². The third-order valence-electron chi connectivity index (χ3n) is 4.97. The van der Waals surface area contributed by atoms with Gasteiger partial charge in [0, 0.05) is 35.9 Å². The number of carbonyl (C=O) groups is 1. The Labute approximate surface area is 165 Å². The highest BCUT2D eigenvalue weighted by Crippen LogP contribution is 2.22. The van der Waals surface area contributed by atoms with Crippen molar-refractivity contribution in [3.05, 3.63) is 63.0 Å². The highest BCUT2D eigenvalue weighted by molar-refractivity contribution is 5.98. The maximum atomic E-state index is 12.5. The number of fused-ring (bicyclic) bond motifs is 2. The van der Waals surface area contributed by atoms with Crippen molar-refractivity contribution >= 4 is 23.0 Å². The molecule has 0 saturated heterocycles. The van der Waals surface area contributed by atoms with E-state index < -0.39 is 5.91 Å². The number of aliphatic hydroxyl groups is 1. The molecule has 2 aromatic heterocycles. The van der Waals surface area contributed by atoms with Gasteiger partial charge < -0.3 is 10.2 Å². The molecule has 3 aromatic rings. The zero-order valence-corrected chi connectivity index (χ0v) is 15.7. The van der Waals surface area contributed by atoms with Crippen LogP contribution >= 0.6 is 0 Å². The van der Waals surface area contributed by atoms with Gasteiger partial charge in [-0.1, -0.05) is 0 Å². The lowest BCUT2D eigenvalue weighted by Crippen LogP contribution is -2.22. The Hall–Kier alpha value is -3.59. The summed E-state index contributed by atoms with van der Waals surface area (Å²) in [4.78, 5) is 33.4. The van der Waals surface area contributed by atoms with E-state index in [9.17, 15) is 19.8 Å². The van der Waals surface area contributed by atoms with Crippen LogP contribution in [0.1, 0.15) is 39.4 Å². The highest BCUT2D eigenvalue weighted by Gasteiger charge is 2.17. The Balaban J connectivity index is 1.59. The number of nitrogens with one attached hydrogen (secondary N) is 1. The van der Waals surface area contributed by atoms with Gasteiger partial charge >= 0.3 is 0 Å². The number of carbonyl (C=O) groups excluding carboxylic acids is 1. The molecule has 9 nitrogen and oxygen atoms in total. The predicted molar refractivity (Wildman–Crippen MR) is 106 cm³/mol. The molecule has 4 rings (SSSR count). The number of hydrogen-bond acceptors (Lipinski definition) is 7. The van der Waals surface area contributed by atoms with Crippen LogP contribution < -0.4 is 11.0 Å². The summed E-state index contributed by atoms with van der Waals surface area (Å²) in [5.41, 5.74) is 4.13. The summed E-state index contributed by atoms with van der Waals surface area (Å²) in [6, 6.07) is 4.70. The molecule has 1 aromatic carbocycles. The van der Waals surface area contributed by atoms with E-state index in [0.717, 1.165) is 18.7 Å². The lowest BCUT2D eigenvalue weighted by atomic mass is 10.1. The zero-order valence-electron chi connectivity index (χ0n) is 15.7. The van der Waals surface area contributed by atoms with E-state index in [1.807, 2.05) is 0 Å². The minimum atomic E-state index is -0.485. The Morgan fingerprint density at radius 2 is 2.24 bits per heavy atom. The van der Waals surface area contributed by atoms with Crippen LogP contribution in [0.2, 0.25) is 0 Å². The fourth-order valence-corrected chi connectivity index (χ4v) is 3.37. The standard InChI is InChI=1S/C20H19N5O4/c1-11-18(27)15(13(10-26)8-21-11)9-22-24-19(28)12-4-5-14-16(7-12)23-17-3-2-6-25(17)20(14)29/h4-5,7-9,26-27H,2-3,6,10H2,1H3,(H,24,28)/b22-9+. The second-order valence-electron chi connectivity index (χ2n) is 6.81. The van der Waals surface area contributed by atoms with Crippen molar-refractivity contribution in [2.24, 2.45) is 5.10 Å². The number of aliphatic hydroxyl groups excluding tert-OH is 1. The van der Waals surface area contributed by atoms with Crippen LogP contribution in [0.25, 0.3) is 10.9 Å². The van der Waals surface area contributed by atoms with Gasteiger partial charge in [-0.05, 0) is 31.5 Å². The monoisotopic (exact) mass is 393 g/mol. The molecular weight excluding hydrogens is 374 g/mol. The lowest BCUT2D eigenvalue weighted by molar-refractivity contribution is 0.0955. The molecule has 0 spiro atoms. The van der Waals surface area contributed by atoms with E-state index in [1.54, 1.807) is 29.7 Å². The molecule has 0 atom stereocenters. The van der Waals surface area contributed by atoms with Crippen LogP contribution in [0.5, 0.6) is 5.75 Å². The average molecular weight is 393 g/mol. The Kier molecular flexibility index (Phi) is 4.81. The fourth-order valence-electron chi connectivity index (χ4n) is 3.37. The Morgan fingerprint density at radius 3 is 3.03 bits per heavy atom. The van der Waals surface area contributed by atoms with Crippen molar-refractivity contribution in [3.63, 3.8) is 0 Å². The summed E-state index contributed by atoms with van der Waals surface area (Å²) >= 11 is 0. The van der Waals surface area contributed by atoms with Crippen molar-refractivity contribution < 1.29 is 15.0 Å². The Bertz CT molecular complexity index is 1220. The van der Waals surface area contributed by atoms with E-state index in [2.05, 4.69) is 20.5 Å². The summed E-state index contributed by atoms with van der Waals surface area (Å²) < 4.78 is 1.67. The second-order valence-corrected chi connectivity index (χ2v) is 6.81. The van der Waals surface area contributed by atoms with Crippen LogP contribution in [-0.2, 0) is 19.6 Å². The van der Waals surface area contributed by atoms with E-state index >= 15 is 0 Å². The number of aromatic hydroxyl groups is 1. The zero-order chi connectivity index (χ0) is 20.5. The molecule has 0 saturated carbocycles. The van der Waals surface area contributed by atoms with Gasteiger partial charge in [-0.3, -0.25) is 19.1 Å². The predicted octanol–water partition coefficient (Wildman–Crippen LogP) is 1.01. The van der Waals surface area contributed by atoms with Crippen molar-refractivity contribution in [3.8, 4) is 5.75 Å². The second kappa shape index (κ2) is 7.44. The molecule has 0 aliphatic carbocycles. The molecule has 1 amide bonds. The number of rotatable bonds is 4. The van der Waals surface area contributed by atoms with Crippen molar-refractivity contribution in [2.75, 3.05) is 0 Å². The molecule has 0 bridgehead atoms. The van der Waals surface area contributed by atoms with Crippen LogP contribution in [0.4, 0.5) is 0 Å². The molecule has 3 N–H and O–H groups in total. The first-order chi connectivity index (χ1) is 14.0. The van der Waals surface area contributed by atoms with E-state index in [-0.39, 0.29) is 23.5 Å². The third-order valence-corrected chi connectivity index (χ3v) is 4.97. The van der Waals surface area contributed by atoms with Crippen LogP contribution in [-0.4, -0.2) is 36.9 Å². The topological polar surface area (TPSA) is 130 Å². The first-order valence-corrected chi connectivity index (χ1v) is 9.14. The average Bonchev–Trinajstić information content (AvgIpc) is 3.19. The molecular formula is C20H19N5O4. The van der Waals surface area contributed by atoms with Gasteiger partial charge in [0.15, 0.2) is 0 Å². The number of aryl methyl sites for hydroxylation is 2. The maximum absolute atomic E-state index is 12.5. The normalized spacial score (nSPS) is 13.2. The number of pyridine rings is 1. The van der Waals surface area contributed by atoms with Crippen LogP contribution in [0.3, 0.4) is 0 Å². The van der Waals surface area contributed by atoms with Gasteiger partial charge in [0.2, 0.25) is 0 Å². The maximum Gasteiger partial charge on any atom is 0.271 e. The summed E-state index contributed by atoms with van der Waals surface area (Å²) in [6.45, 7) is 1.96. The first kappa shape index (κ1) is 18.8. The van der Waals surface area contributed by atoms with Crippen molar-refractivity contribution in [1.82, 2.24) is 20.0 Å². The minimum absolute atomic E-state index is 0.0902. The molecule has 29 heavy (non-hydrogen) atoms. The fraction of sp³-hybridized carbons (Fsp3) is 0.250. The largest absolute Gasteiger partial charge is 0.505 e. The molecule has 3 heterocycles. The summed E-state index contributed by atoms with van der Waals surface area (Å²) in [7, 11) is 0. The van der Waals surface area contributed by atoms with Gasteiger partial charge in [-0.2, -0.15) is 5.10 Å². The van der Waals surface area contributed by atoms with Gasteiger partial charge in [-0.25, -0.2) is 10.4 Å². The molecule has 148 valence electrons. The Morgan fingerprint density at radius 1 is 1.41 bits per heavy atom. The molecule has 1 aliphatic heterocycles. The number of hydrazone groups is 1. The third kappa shape index (κ3) is 3.36. The van der Waals surface area contributed by atoms with E-state index in [1.165, 1.54) is 12.4 Å². The number of amides is 1.